The summed E-state index contributed by atoms with van der Waals surface area (Å²) in [6.07, 6.45) is 40.1. The zero-order valence-electron chi connectivity index (χ0n) is 32.5. The number of aryl methyl sites for hydroxylation is 1. The molecule has 3 rings (SSSR count). The topological polar surface area (TPSA) is 17.8 Å². The number of nitrogens with zero attached hydrogens (tertiary/aromatic N) is 2. The first kappa shape index (κ1) is 41.1. The van der Waals surface area contributed by atoms with Crippen molar-refractivity contribution in [1.82, 2.24) is 9.55 Å². The molecule has 0 N–H and O–H groups in total. The van der Waals surface area contributed by atoms with Crippen molar-refractivity contribution in [3.63, 3.8) is 0 Å². The second-order valence-electron chi connectivity index (χ2n) is 15.5. The molecule has 1 heterocycles. The van der Waals surface area contributed by atoms with E-state index in [-0.39, 0.29) is 5.41 Å². The lowest BCUT2D eigenvalue weighted by molar-refractivity contribution is 0.321. The van der Waals surface area contributed by atoms with Crippen LogP contribution in [0.15, 0.2) is 73.1 Å². The zero-order chi connectivity index (χ0) is 34.7. The average molecular weight is 669 g/mol. The molecule has 0 spiro atoms. The molecule has 0 aliphatic heterocycles. The van der Waals surface area contributed by atoms with Gasteiger partial charge in [0.1, 0.15) is 5.82 Å². The number of hydrogen-bond acceptors (Lipinski definition) is 1. The molecule has 0 radical (unpaired) electrons. The van der Waals surface area contributed by atoms with Crippen LogP contribution < -0.4 is 0 Å². The second kappa shape index (κ2) is 26.5. The molecule has 2 aromatic carbocycles. The number of hydrogen-bond donors (Lipinski definition) is 0. The maximum Gasteiger partial charge on any atom is 0.112 e. The van der Waals surface area contributed by atoms with Gasteiger partial charge in [-0.1, -0.05) is 229 Å². The van der Waals surface area contributed by atoms with Crippen LogP contribution in [0.4, 0.5) is 0 Å². The maximum absolute atomic E-state index is 5.15. The van der Waals surface area contributed by atoms with Gasteiger partial charge in [-0.3, -0.25) is 0 Å². The SMILES string of the molecule is CCCCCCCCCCCCCCCCCCCC(c1nccn1CCCCCCCCC)C(C)(Cc1ccccc1)c1ccccc1. The van der Waals surface area contributed by atoms with E-state index in [1.54, 1.807) is 0 Å². The molecular formula is C47H76N2. The lowest BCUT2D eigenvalue weighted by atomic mass is 9.66. The Morgan fingerprint density at radius 1 is 0.531 bits per heavy atom. The minimum atomic E-state index is -0.0269. The number of benzene rings is 2. The largest absolute Gasteiger partial charge is 0.335 e. The molecule has 2 nitrogen and oxygen atoms in total. The first-order valence-electron chi connectivity index (χ1n) is 21.3. The Balaban J connectivity index is 1.52. The monoisotopic (exact) mass is 669 g/mol. The van der Waals surface area contributed by atoms with Gasteiger partial charge in [-0.05, 0) is 30.4 Å². The molecule has 0 amide bonds. The Labute approximate surface area is 304 Å². The highest BCUT2D eigenvalue weighted by Gasteiger charge is 2.39. The predicted molar refractivity (Wildman–Crippen MR) is 216 cm³/mol. The molecule has 49 heavy (non-hydrogen) atoms. The fraction of sp³-hybridized carbons (Fsp3) is 0.681. The quantitative estimate of drug-likeness (QED) is 0.0624. The van der Waals surface area contributed by atoms with E-state index in [0.717, 1.165) is 13.0 Å². The van der Waals surface area contributed by atoms with Gasteiger partial charge in [0, 0.05) is 30.3 Å². The molecule has 0 saturated carbocycles. The molecule has 2 atom stereocenters. The molecule has 1 aromatic heterocycles. The summed E-state index contributed by atoms with van der Waals surface area (Å²) < 4.78 is 2.52. The summed E-state index contributed by atoms with van der Waals surface area (Å²) >= 11 is 0. The molecule has 0 bridgehead atoms. The van der Waals surface area contributed by atoms with Crippen LogP contribution in [0.2, 0.25) is 0 Å². The first-order chi connectivity index (χ1) is 24.2. The van der Waals surface area contributed by atoms with Gasteiger partial charge in [-0.25, -0.2) is 4.98 Å². The van der Waals surface area contributed by atoms with Crippen molar-refractivity contribution in [3.8, 4) is 0 Å². The van der Waals surface area contributed by atoms with Crippen LogP contribution in [-0.4, -0.2) is 9.55 Å². The molecule has 2 heteroatoms. The summed E-state index contributed by atoms with van der Waals surface area (Å²) in [6.45, 7) is 8.23. The molecule has 0 aliphatic carbocycles. The van der Waals surface area contributed by atoms with Crippen molar-refractivity contribution in [2.45, 2.75) is 206 Å². The molecule has 0 fully saturated rings. The molecule has 0 aliphatic rings. The van der Waals surface area contributed by atoms with Gasteiger partial charge in [-0.15, -0.1) is 0 Å². The molecule has 2 unspecified atom stereocenters. The molecule has 0 saturated heterocycles. The molecular weight excluding hydrogens is 593 g/mol. The van der Waals surface area contributed by atoms with Crippen LogP contribution >= 0.6 is 0 Å². The summed E-state index contributed by atoms with van der Waals surface area (Å²) in [6, 6.07) is 22.6. The maximum atomic E-state index is 5.15. The van der Waals surface area contributed by atoms with E-state index in [2.05, 4.69) is 98.4 Å². The van der Waals surface area contributed by atoms with Gasteiger partial charge >= 0.3 is 0 Å². The molecule has 3 aromatic rings. The van der Waals surface area contributed by atoms with Crippen LogP contribution in [0, 0.1) is 0 Å². The highest BCUT2D eigenvalue weighted by molar-refractivity contribution is 5.33. The summed E-state index contributed by atoms with van der Waals surface area (Å²) in [5.74, 6) is 1.69. The van der Waals surface area contributed by atoms with Crippen molar-refractivity contribution < 1.29 is 0 Å². The lowest BCUT2D eigenvalue weighted by Gasteiger charge is -2.39. The van der Waals surface area contributed by atoms with Crippen molar-refractivity contribution in [2.75, 3.05) is 0 Å². The Morgan fingerprint density at radius 2 is 0.959 bits per heavy atom. The molecule has 274 valence electrons. The number of aromatic nitrogens is 2. The third-order valence-electron chi connectivity index (χ3n) is 11.3. The first-order valence-corrected chi connectivity index (χ1v) is 21.3. The third kappa shape index (κ3) is 16.5. The normalized spacial score (nSPS) is 13.4. The minimum Gasteiger partial charge on any atom is -0.335 e. The van der Waals surface area contributed by atoms with E-state index in [1.165, 1.54) is 177 Å². The van der Waals surface area contributed by atoms with Crippen LogP contribution in [0.5, 0.6) is 0 Å². The van der Waals surface area contributed by atoms with Gasteiger partial charge in [0.15, 0.2) is 0 Å². The number of imidazole rings is 1. The predicted octanol–water partition coefficient (Wildman–Crippen LogP) is 15.0. The van der Waals surface area contributed by atoms with Gasteiger partial charge in [0.2, 0.25) is 0 Å². The van der Waals surface area contributed by atoms with Gasteiger partial charge in [0.25, 0.3) is 0 Å². The zero-order valence-corrected chi connectivity index (χ0v) is 32.5. The van der Waals surface area contributed by atoms with E-state index in [0.29, 0.717) is 5.92 Å². The number of rotatable bonds is 31. The smallest absolute Gasteiger partial charge is 0.112 e. The highest BCUT2D eigenvalue weighted by atomic mass is 15.1. The van der Waals surface area contributed by atoms with E-state index in [4.69, 9.17) is 4.98 Å². The van der Waals surface area contributed by atoms with Crippen LogP contribution in [0.25, 0.3) is 0 Å². The lowest BCUT2D eigenvalue weighted by Crippen LogP contribution is -2.35. The average Bonchev–Trinajstić information content (AvgIpc) is 3.59. The van der Waals surface area contributed by atoms with E-state index in [9.17, 15) is 0 Å². The standard InChI is InChI=1S/C47H76N2/c1-4-6-8-10-12-13-14-15-16-17-18-19-20-21-22-24-32-38-45(46-48-39-41-49(46)40-33-25-23-11-9-7-5-2)47(3,44-36-30-27-31-37-44)42-43-34-28-26-29-35-43/h26-31,34-37,39,41,45H,4-25,32-33,38,40,42H2,1-3H3. The Morgan fingerprint density at radius 3 is 1.45 bits per heavy atom. The fourth-order valence-electron chi connectivity index (χ4n) is 8.13. The number of unbranched alkanes of at least 4 members (excludes halogenated alkanes) is 22. The van der Waals surface area contributed by atoms with Gasteiger partial charge in [-0.2, -0.15) is 0 Å². The highest BCUT2D eigenvalue weighted by Crippen LogP contribution is 2.44. The minimum absolute atomic E-state index is 0.0269. The van der Waals surface area contributed by atoms with Crippen LogP contribution in [0.1, 0.15) is 204 Å². The van der Waals surface area contributed by atoms with Crippen LogP contribution in [0.3, 0.4) is 0 Å². The van der Waals surface area contributed by atoms with Gasteiger partial charge in [0.05, 0.1) is 0 Å². The fourth-order valence-corrected chi connectivity index (χ4v) is 8.13. The summed E-state index contributed by atoms with van der Waals surface area (Å²) in [7, 11) is 0. The summed E-state index contributed by atoms with van der Waals surface area (Å²) in [5, 5.41) is 0. The van der Waals surface area contributed by atoms with E-state index >= 15 is 0 Å². The van der Waals surface area contributed by atoms with Crippen molar-refractivity contribution in [3.05, 3.63) is 90.0 Å². The Hall–Kier alpha value is -2.35. The Kier molecular flexibility index (Phi) is 22.2. The second-order valence-corrected chi connectivity index (χ2v) is 15.5. The summed E-state index contributed by atoms with van der Waals surface area (Å²) in [4.78, 5) is 5.15. The van der Waals surface area contributed by atoms with E-state index in [1.807, 2.05) is 0 Å². The van der Waals surface area contributed by atoms with Crippen molar-refractivity contribution in [2.24, 2.45) is 0 Å². The summed E-state index contributed by atoms with van der Waals surface area (Å²) in [5.41, 5.74) is 2.84. The van der Waals surface area contributed by atoms with Crippen molar-refractivity contribution in [1.29, 1.82) is 0 Å². The van der Waals surface area contributed by atoms with E-state index < -0.39 is 0 Å². The van der Waals surface area contributed by atoms with Crippen molar-refractivity contribution >= 4 is 0 Å². The van der Waals surface area contributed by atoms with Crippen LogP contribution in [-0.2, 0) is 18.4 Å². The van der Waals surface area contributed by atoms with Gasteiger partial charge < -0.3 is 4.57 Å². The third-order valence-corrected chi connectivity index (χ3v) is 11.3. The Bertz CT molecular complexity index is 1150.